The van der Waals surface area contributed by atoms with Gasteiger partial charge in [-0.1, -0.05) is 12.1 Å². The van der Waals surface area contributed by atoms with Gasteiger partial charge in [0.15, 0.2) is 0 Å². The Bertz CT molecular complexity index is 402. The van der Waals surface area contributed by atoms with Gasteiger partial charge in [0.1, 0.15) is 13.1 Å². The average Bonchev–Trinajstić information content (AvgIpc) is 2.28. The molecule has 0 spiro atoms. The molecule has 0 aromatic heterocycles. The van der Waals surface area contributed by atoms with Crippen molar-refractivity contribution < 1.29 is 19.1 Å². The highest BCUT2D eigenvalue weighted by Gasteiger charge is 2.16. The highest BCUT2D eigenvalue weighted by molar-refractivity contribution is 5.89. The van der Waals surface area contributed by atoms with E-state index in [4.69, 9.17) is 9.84 Å². The molecule has 18 heavy (non-hydrogen) atoms. The van der Waals surface area contributed by atoms with Gasteiger partial charge < -0.3 is 14.3 Å². The molecule has 0 fully saturated rings. The number of rotatable bonds is 6. The number of esters is 1. The molecule has 4 nitrogen and oxygen atoms in total. The van der Waals surface area contributed by atoms with Crippen LogP contribution in [0.1, 0.15) is 22.8 Å². The van der Waals surface area contributed by atoms with Gasteiger partial charge in [-0.05, 0) is 19.1 Å². The quantitative estimate of drug-likeness (QED) is 0.615. The summed E-state index contributed by atoms with van der Waals surface area (Å²) in [6.07, 6.45) is 0. The molecular formula is C14H22NO3+. The van der Waals surface area contributed by atoms with Gasteiger partial charge in [-0.2, -0.15) is 0 Å². The Morgan fingerprint density at radius 3 is 2.72 bits per heavy atom. The smallest absolute Gasteiger partial charge is 0.338 e. The van der Waals surface area contributed by atoms with Crippen molar-refractivity contribution in [2.75, 3.05) is 33.9 Å². The second-order valence-corrected chi connectivity index (χ2v) is 4.96. The fourth-order valence-electron chi connectivity index (χ4n) is 1.86. The summed E-state index contributed by atoms with van der Waals surface area (Å²) in [4.78, 5) is 11.6. The molecule has 0 atom stereocenters. The maximum atomic E-state index is 11.6. The van der Waals surface area contributed by atoms with E-state index in [2.05, 4.69) is 0 Å². The highest BCUT2D eigenvalue weighted by Crippen LogP contribution is 2.12. The third kappa shape index (κ3) is 4.47. The van der Waals surface area contributed by atoms with Crippen molar-refractivity contribution in [3.63, 3.8) is 0 Å². The summed E-state index contributed by atoms with van der Waals surface area (Å²) in [6, 6.07) is 7.46. The van der Waals surface area contributed by atoms with E-state index in [1.54, 1.807) is 13.0 Å². The van der Waals surface area contributed by atoms with Crippen molar-refractivity contribution >= 4 is 5.97 Å². The topological polar surface area (TPSA) is 46.5 Å². The number of nitrogens with zero attached hydrogens (tertiary/aromatic N) is 1. The third-order valence-electron chi connectivity index (χ3n) is 2.75. The van der Waals surface area contributed by atoms with Crippen molar-refractivity contribution in [3.05, 3.63) is 35.4 Å². The number of aliphatic hydroxyl groups is 1. The molecule has 1 aromatic carbocycles. The summed E-state index contributed by atoms with van der Waals surface area (Å²) in [5.74, 6) is -0.285. The molecule has 100 valence electrons. The maximum absolute atomic E-state index is 11.6. The first-order chi connectivity index (χ1) is 8.48. The molecule has 0 unspecified atom stereocenters. The molecule has 0 aliphatic heterocycles. The van der Waals surface area contributed by atoms with E-state index in [0.29, 0.717) is 23.2 Å². The maximum Gasteiger partial charge on any atom is 0.338 e. The summed E-state index contributed by atoms with van der Waals surface area (Å²) >= 11 is 0. The van der Waals surface area contributed by atoms with E-state index in [9.17, 15) is 4.79 Å². The lowest BCUT2D eigenvalue weighted by Crippen LogP contribution is -2.41. The van der Waals surface area contributed by atoms with Crippen LogP contribution in [0, 0.1) is 0 Å². The van der Waals surface area contributed by atoms with Crippen LogP contribution in [0.4, 0.5) is 0 Å². The summed E-state index contributed by atoms with van der Waals surface area (Å²) in [6.45, 7) is 3.79. The Kier molecular flexibility index (Phi) is 5.31. The zero-order valence-electron chi connectivity index (χ0n) is 11.3. The Morgan fingerprint density at radius 1 is 1.39 bits per heavy atom. The molecule has 1 aromatic rings. The zero-order valence-corrected chi connectivity index (χ0v) is 11.3. The molecule has 0 aliphatic rings. The standard InChI is InChI=1S/C14H22NO3/c1-4-18-14(17)13-7-5-6-12(10-13)11-15(2,3)8-9-16/h5-7,10,16H,4,8-9,11H2,1-3H3/q+1. The van der Waals surface area contributed by atoms with Crippen LogP contribution in [0.15, 0.2) is 24.3 Å². The van der Waals surface area contributed by atoms with E-state index in [1.807, 2.05) is 32.3 Å². The predicted molar refractivity (Wildman–Crippen MR) is 70.2 cm³/mol. The van der Waals surface area contributed by atoms with Crippen LogP contribution >= 0.6 is 0 Å². The van der Waals surface area contributed by atoms with Gasteiger partial charge in [0, 0.05) is 5.56 Å². The number of benzene rings is 1. The zero-order chi connectivity index (χ0) is 13.6. The molecule has 1 rings (SSSR count). The van der Waals surface area contributed by atoms with Crippen LogP contribution in [0.5, 0.6) is 0 Å². The number of carbonyl (C=O) groups is 1. The largest absolute Gasteiger partial charge is 0.462 e. The van der Waals surface area contributed by atoms with E-state index in [-0.39, 0.29) is 12.6 Å². The number of aliphatic hydroxyl groups excluding tert-OH is 1. The normalized spacial score (nSPS) is 11.3. The number of likely N-dealkylation sites (N-methyl/N-ethyl adjacent to an activating group) is 1. The number of ether oxygens (including phenoxy) is 1. The Labute approximate surface area is 108 Å². The molecule has 0 heterocycles. The third-order valence-corrected chi connectivity index (χ3v) is 2.75. The molecule has 4 heteroatoms. The highest BCUT2D eigenvalue weighted by atomic mass is 16.5. The van der Waals surface area contributed by atoms with Crippen molar-refractivity contribution in [2.24, 2.45) is 0 Å². The Morgan fingerprint density at radius 2 is 2.11 bits per heavy atom. The molecule has 1 N–H and O–H groups in total. The van der Waals surface area contributed by atoms with Crippen molar-refractivity contribution in [3.8, 4) is 0 Å². The molecule has 0 aliphatic carbocycles. The second-order valence-electron chi connectivity index (χ2n) is 4.96. The number of quaternary nitrogens is 1. The van der Waals surface area contributed by atoms with Crippen LogP contribution in [0.25, 0.3) is 0 Å². The van der Waals surface area contributed by atoms with Crippen LogP contribution in [0.2, 0.25) is 0 Å². The molecule has 0 saturated heterocycles. The lowest BCUT2D eigenvalue weighted by atomic mass is 10.1. The minimum Gasteiger partial charge on any atom is -0.462 e. The first-order valence-electron chi connectivity index (χ1n) is 6.17. The summed E-state index contributed by atoms with van der Waals surface area (Å²) in [7, 11) is 4.10. The van der Waals surface area contributed by atoms with Gasteiger partial charge >= 0.3 is 5.97 Å². The molecule has 0 bridgehead atoms. The monoisotopic (exact) mass is 252 g/mol. The summed E-state index contributed by atoms with van der Waals surface area (Å²) in [5, 5.41) is 9.00. The molecule has 0 saturated carbocycles. The second kappa shape index (κ2) is 6.52. The number of hydrogen-bond acceptors (Lipinski definition) is 3. The first kappa shape index (κ1) is 14.7. The number of carbonyl (C=O) groups excluding carboxylic acids is 1. The number of hydrogen-bond donors (Lipinski definition) is 1. The van der Waals surface area contributed by atoms with Crippen LogP contribution in [-0.2, 0) is 11.3 Å². The fraction of sp³-hybridized carbons (Fsp3) is 0.500. The summed E-state index contributed by atoms with van der Waals surface area (Å²) < 4.78 is 5.66. The molecular weight excluding hydrogens is 230 g/mol. The van der Waals surface area contributed by atoms with Crippen molar-refractivity contribution in [1.29, 1.82) is 0 Å². The van der Waals surface area contributed by atoms with Crippen molar-refractivity contribution in [2.45, 2.75) is 13.5 Å². The van der Waals surface area contributed by atoms with E-state index in [0.717, 1.165) is 12.1 Å². The van der Waals surface area contributed by atoms with Crippen LogP contribution in [-0.4, -0.2) is 49.4 Å². The fourth-order valence-corrected chi connectivity index (χ4v) is 1.86. The minimum atomic E-state index is -0.285. The SMILES string of the molecule is CCOC(=O)c1cccc(C[N+](C)(C)CCO)c1. The van der Waals surface area contributed by atoms with E-state index >= 15 is 0 Å². The Balaban J connectivity index is 2.79. The van der Waals surface area contributed by atoms with Crippen LogP contribution < -0.4 is 0 Å². The summed E-state index contributed by atoms with van der Waals surface area (Å²) in [5.41, 5.74) is 1.65. The van der Waals surface area contributed by atoms with Crippen LogP contribution in [0.3, 0.4) is 0 Å². The first-order valence-corrected chi connectivity index (χ1v) is 6.17. The van der Waals surface area contributed by atoms with Gasteiger partial charge in [0.25, 0.3) is 0 Å². The lowest BCUT2D eigenvalue weighted by Gasteiger charge is -2.29. The van der Waals surface area contributed by atoms with Crippen molar-refractivity contribution in [1.82, 2.24) is 0 Å². The van der Waals surface area contributed by atoms with Gasteiger partial charge in [0.2, 0.25) is 0 Å². The average molecular weight is 252 g/mol. The lowest BCUT2D eigenvalue weighted by molar-refractivity contribution is -0.903. The minimum absolute atomic E-state index is 0.157. The Hall–Kier alpha value is -1.39. The van der Waals surface area contributed by atoms with Gasteiger partial charge in [-0.15, -0.1) is 0 Å². The molecule has 0 radical (unpaired) electrons. The van der Waals surface area contributed by atoms with Gasteiger partial charge in [0.05, 0.1) is 32.9 Å². The van der Waals surface area contributed by atoms with E-state index < -0.39 is 0 Å². The molecule has 0 amide bonds. The van der Waals surface area contributed by atoms with Gasteiger partial charge in [-0.3, -0.25) is 0 Å². The van der Waals surface area contributed by atoms with Gasteiger partial charge in [-0.25, -0.2) is 4.79 Å². The van der Waals surface area contributed by atoms with E-state index in [1.165, 1.54) is 0 Å². The predicted octanol–water partition coefficient (Wildman–Crippen LogP) is 1.43.